The Labute approximate surface area is 110 Å². The van der Waals surface area contributed by atoms with Crippen LogP contribution in [0.3, 0.4) is 0 Å². The fourth-order valence-corrected chi connectivity index (χ4v) is 1.95. The van der Waals surface area contributed by atoms with Crippen LogP contribution in [0.2, 0.25) is 0 Å². The summed E-state index contributed by atoms with van der Waals surface area (Å²) in [6.07, 6.45) is 1.62. The molecule has 1 atom stereocenters. The fourth-order valence-electron chi connectivity index (χ4n) is 1.95. The molecule has 0 spiro atoms. The van der Waals surface area contributed by atoms with Crippen LogP contribution in [0, 0.1) is 5.82 Å². The highest BCUT2D eigenvalue weighted by Gasteiger charge is 2.13. The third-order valence-electron chi connectivity index (χ3n) is 2.98. The number of carboxylic acids is 1. The van der Waals surface area contributed by atoms with E-state index in [1.807, 2.05) is 6.92 Å². The van der Waals surface area contributed by atoms with E-state index in [1.165, 1.54) is 6.07 Å². The summed E-state index contributed by atoms with van der Waals surface area (Å²) in [6, 6.07) is 9.93. The zero-order chi connectivity index (χ0) is 13.8. The van der Waals surface area contributed by atoms with E-state index in [0.29, 0.717) is 11.3 Å². The standard InChI is InChI=1S/C15H14FNO2/c1-10(8-15(18)19)11-5-6-13(16)12(9-11)14-4-2-3-7-17-14/h2-7,9-10H,8H2,1H3,(H,18,19). The van der Waals surface area contributed by atoms with Crippen LogP contribution in [-0.2, 0) is 4.79 Å². The summed E-state index contributed by atoms with van der Waals surface area (Å²) >= 11 is 0. The number of hydrogen-bond acceptors (Lipinski definition) is 2. The lowest BCUT2D eigenvalue weighted by molar-refractivity contribution is -0.137. The Morgan fingerprint density at radius 2 is 2.16 bits per heavy atom. The minimum atomic E-state index is -0.865. The minimum absolute atomic E-state index is 0.0211. The molecule has 1 N–H and O–H groups in total. The Bertz CT molecular complexity index is 584. The summed E-state index contributed by atoms with van der Waals surface area (Å²) in [7, 11) is 0. The maximum Gasteiger partial charge on any atom is 0.303 e. The molecular weight excluding hydrogens is 245 g/mol. The molecule has 0 radical (unpaired) electrons. The van der Waals surface area contributed by atoms with Gasteiger partial charge in [0, 0.05) is 11.8 Å². The van der Waals surface area contributed by atoms with Crippen LogP contribution < -0.4 is 0 Å². The van der Waals surface area contributed by atoms with Gasteiger partial charge in [-0.05, 0) is 35.7 Å². The number of hydrogen-bond donors (Lipinski definition) is 1. The number of aliphatic carboxylic acids is 1. The Kier molecular flexibility index (Phi) is 3.90. The van der Waals surface area contributed by atoms with Gasteiger partial charge < -0.3 is 5.11 Å². The molecule has 98 valence electrons. The number of nitrogens with zero attached hydrogens (tertiary/aromatic N) is 1. The first kappa shape index (κ1) is 13.2. The summed E-state index contributed by atoms with van der Waals surface area (Å²) in [5.41, 5.74) is 1.74. The van der Waals surface area contributed by atoms with E-state index in [4.69, 9.17) is 5.11 Å². The Hall–Kier alpha value is -2.23. The van der Waals surface area contributed by atoms with Gasteiger partial charge in [0.25, 0.3) is 0 Å². The number of carbonyl (C=O) groups is 1. The number of aromatic nitrogens is 1. The maximum atomic E-state index is 13.8. The molecule has 1 heterocycles. The fraction of sp³-hybridized carbons (Fsp3) is 0.200. The highest BCUT2D eigenvalue weighted by atomic mass is 19.1. The molecule has 0 aliphatic carbocycles. The maximum absolute atomic E-state index is 13.8. The van der Waals surface area contributed by atoms with Crippen LogP contribution in [0.25, 0.3) is 11.3 Å². The van der Waals surface area contributed by atoms with Gasteiger partial charge in [0.1, 0.15) is 5.82 Å². The van der Waals surface area contributed by atoms with Crippen molar-refractivity contribution >= 4 is 5.97 Å². The van der Waals surface area contributed by atoms with Gasteiger partial charge in [0.05, 0.1) is 12.1 Å². The molecule has 0 fully saturated rings. The van der Waals surface area contributed by atoms with E-state index >= 15 is 0 Å². The van der Waals surface area contributed by atoms with Crippen molar-refractivity contribution in [3.8, 4) is 11.3 Å². The zero-order valence-electron chi connectivity index (χ0n) is 10.5. The van der Waals surface area contributed by atoms with Crippen LogP contribution in [0.4, 0.5) is 4.39 Å². The molecule has 19 heavy (non-hydrogen) atoms. The Morgan fingerprint density at radius 3 is 2.79 bits per heavy atom. The van der Waals surface area contributed by atoms with E-state index in [0.717, 1.165) is 5.56 Å². The van der Waals surface area contributed by atoms with Gasteiger partial charge in [-0.3, -0.25) is 9.78 Å². The lowest BCUT2D eigenvalue weighted by Gasteiger charge is -2.11. The highest BCUT2D eigenvalue weighted by molar-refractivity contribution is 5.68. The summed E-state index contributed by atoms with van der Waals surface area (Å²) in [6.45, 7) is 1.81. The summed E-state index contributed by atoms with van der Waals surface area (Å²) in [5.74, 6) is -1.39. The van der Waals surface area contributed by atoms with Crippen molar-refractivity contribution in [1.82, 2.24) is 4.98 Å². The molecule has 3 nitrogen and oxygen atoms in total. The van der Waals surface area contributed by atoms with E-state index in [1.54, 1.807) is 36.5 Å². The van der Waals surface area contributed by atoms with Gasteiger partial charge in [-0.15, -0.1) is 0 Å². The summed E-state index contributed by atoms with van der Waals surface area (Å²) in [5, 5.41) is 8.80. The first-order valence-electron chi connectivity index (χ1n) is 6.00. The molecule has 2 rings (SSSR count). The van der Waals surface area contributed by atoms with Gasteiger partial charge >= 0.3 is 5.97 Å². The predicted octanol–water partition coefficient (Wildman–Crippen LogP) is 3.47. The van der Waals surface area contributed by atoms with Gasteiger partial charge in [0.15, 0.2) is 0 Å². The molecule has 0 bridgehead atoms. The van der Waals surface area contributed by atoms with Crippen LogP contribution in [0.15, 0.2) is 42.6 Å². The number of pyridine rings is 1. The molecule has 0 saturated heterocycles. The molecule has 0 amide bonds. The van der Waals surface area contributed by atoms with E-state index in [9.17, 15) is 9.18 Å². The first-order valence-corrected chi connectivity index (χ1v) is 6.00. The van der Waals surface area contributed by atoms with E-state index < -0.39 is 5.97 Å². The third-order valence-corrected chi connectivity index (χ3v) is 2.98. The first-order chi connectivity index (χ1) is 9.08. The normalized spacial score (nSPS) is 12.1. The largest absolute Gasteiger partial charge is 0.481 e. The summed E-state index contributed by atoms with van der Waals surface area (Å²) in [4.78, 5) is 14.8. The Morgan fingerprint density at radius 1 is 1.37 bits per heavy atom. The topological polar surface area (TPSA) is 50.2 Å². The number of benzene rings is 1. The van der Waals surface area contributed by atoms with Crippen molar-refractivity contribution in [2.75, 3.05) is 0 Å². The van der Waals surface area contributed by atoms with Crippen molar-refractivity contribution < 1.29 is 14.3 Å². The average molecular weight is 259 g/mol. The van der Waals surface area contributed by atoms with Gasteiger partial charge in [0.2, 0.25) is 0 Å². The quantitative estimate of drug-likeness (QED) is 0.914. The number of halogens is 1. The molecule has 1 aromatic carbocycles. The smallest absolute Gasteiger partial charge is 0.303 e. The number of rotatable bonds is 4. The SMILES string of the molecule is CC(CC(=O)O)c1ccc(F)c(-c2ccccn2)c1. The van der Waals surface area contributed by atoms with Crippen molar-refractivity contribution in [1.29, 1.82) is 0 Å². The van der Waals surface area contributed by atoms with Crippen LogP contribution in [0.1, 0.15) is 24.8 Å². The second kappa shape index (κ2) is 5.61. The lowest BCUT2D eigenvalue weighted by Crippen LogP contribution is -2.03. The summed E-state index contributed by atoms with van der Waals surface area (Å²) < 4.78 is 13.8. The minimum Gasteiger partial charge on any atom is -0.481 e. The van der Waals surface area contributed by atoms with Gasteiger partial charge in [-0.1, -0.05) is 19.1 Å². The van der Waals surface area contributed by atoms with Crippen LogP contribution in [0.5, 0.6) is 0 Å². The zero-order valence-corrected chi connectivity index (χ0v) is 10.5. The van der Waals surface area contributed by atoms with Gasteiger partial charge in [-0.2, -0.15) is 0 Å². The van der Waals surface area contributed by atoms with Crippen LogP contribution in [-0.4, -0.2) is 16.1 Å². The van der Waals surface area contributed by atoms with Gasteiger partial charge in [-0.25, -0.2) is 4.39 Å². The average Bonchev–Trinajstić information content (AvgIpc) is 2.39. The van der Waals surface area contributed by atoms with E-state index in [-0.39, 0.29) is 18.2 Å². The van der Waals surface area contributed by atoms with Crippen molar-refractivity contribution in [2.45, 2.75) is 19.3 Å². The van der Waals surface area contributed by atoms with Crippen molar-refractivity contribution in [3.05, 3.63) is 54.0 Å². The molecular formula is C15H14FNO2. The molecule has 2 aromatic rings. The second-order valence-corrected chi connectivity index (χ2v) is 4.45. The molecule has 1 unspecified atom stereocenters. The number of carboxylic acid groups (broad SMARTS) is 1. The second-order valence-electron chi connectivity index (χ2n) is 4.45. The van der Waals surface area contributed by atoms with Crippen molar-refractivity contribution in [2.24, 2.45) is 0 Å². The van der Waals surface area contributed by atoms with Crippen molar-refractivity contribution in [3.63, 3.8) is 0 Å². The predicted molar refractivity (Wildman–Crippen MR) is 70.3 cm³/mol. The Balaban J connectivity index is 2.38. The van der Waals surface area contributed by atoms with E-state index in [2.05, 4.69) is 4.98 Å². The molecule has 0 aliphatic rings. The molecule has 4 heteroatoms. The third kappa shape index (κ3) is 3.16. The molecule has 1 aromatic heterocycles. The van der Waals surface area contributed by atoms with Crippen LogP contribution >= 0.6 is 0 Å². The monoisotopic (exact) mass is 259 g/mol. The molecule has 0 saturated carbocycles. The molecule has 0 aliphatic heterocycles. The lowest BCUT2D eigenvalue weighted by atomic mass is 9.95. The highest BCUT2D eigenvalue weighted by Crippen LogP contribution is 2.27.